The lowest BCUT2D eigenvalue weighted by Gasteiger charge is -2.30. The summed E-state index contributed by atoms with van der Waals surface area (Å²) in [6.07, 6.45) is 5.69. The zero-order valence-corrected chi connectivity index (χ0v) is 18.5. The molecule has 1 aromatic carbocycles. The number of morpholine rings is 1. The summed E-state index contributed by atoms with van der Waals surface area (Å²) in [5.74, 6) is 0. The largest absolute Gasteiger partial charge is 0.370 e. The van der Waals surface area contributed by atoms with Gasteiger partial charge in [-0.05, 0) is 43.4 Å². The first kappa shape index (κ1) is 21.8. The van der Waals surface area contributed by atoms with Crippen LogP contribution < -0.4 is 15.8 Å². The highest BCUT2D eigenvalue weighted by Gasteiger charge is 2.23. The summed E-state index contributed by atoms with van der Waals surface area (Å²) in [7, 11) is 0. The Morgan fingerprint density at radius 2 is 1.97 bits per heavy atom. The molecule has 0 radical (unpaired) electrons. The van der Waals surface area contributed by atoms with Gasteiger partial charge in [0.25, 0.3) is 5.56 Å². The molecular formula is C24H35N4O3+. The van der Waals surface area contributed by atoms with Crippen molar-refractivity contribution in [2.75, 3.05) is 39.4 Å². The molecule has 168 valence electrons. The van der Waals surface area contributed by atoms with E-state index < -0.39 is 0 Å². The van der Waals surface area contributed by atoms with Gasteiger partial charge in [-0.2, -0.15) is 0 Å². The van der Waals surface area contributed by atoms with Gasteiger partial charge in [-0.25, -0.2) is 4.79 Å². The van der Waals surface area contributed by atoms with Crippen molar-refractivity contribution in [3.05, 3.63) is 45.7 Å². The molecule has 2 aliphatic rings. The topological polar surface area (TPSA) is 78.9 Å². The molecule has 1 saturated heterocycles. The minimum absolute atomic E-state index is 0.0525. The zero-order valence-electron chi connectivity index (χ0n) is 18.5. The van der Waals surface area contributed by atoms with Crippen molar-refractivity contribution < 1.29 is 14.4 Å². The van der Waals surface area contributed by atoms with Crippen molar-refractivity contribution in [3.63, 3.8) is 0 Å². The lowest BCUT2D eigenvalue weighted by molar-refractivity contribution is -0.907. The fourth-order valence-electron chi connectivity index (χ4n) is 4.66. The predicted octanol–water partition coefficient (Wildman–Crippen LogP) is 1.60. The van der Waals surface area contributed by atoms with Crippen LogP contribution in [0.5, 0.6) is 0 Å². The fourth-order valence-corrected chi connectivity index (χ4v) is 4.66. The highest BCUT2D eigenvalue weighted by molar-refractivity contribution is 5.80. The molecule has 2 aromatic rings. The van der Waals surface area contributed by atoms with Crippen LogP contribution >= 0.6 is 0 Å². The maximum atomic E-state index is 13.2. The molecule has 0 spiro atoms. The monoisotopic (exact) mass is 427 g/mol. The number of aromatic amines is 1. The number of hydrogen-bond donors (Lipinski definition) is 3. The third-order valence-electron chi connectivity index (χ3n) is 6.59. The van der Waals surface area contributed by atoms with E-state index in [1.165, 1.54) is 24.2 Å². The smallest absolute Gasteiger partial charge is 0.318 e. The number of ether oxygens (including phenoxy) is 1. The van der Waals surface area contributed by atoms with Gasteiger partial charge in [0.05, 0.1) is 32.8 Å². The predicted molar refractivity (Wildman–Crippen MR) is 122 cm³/mol. The number of carbonyl (C=O) groups excluding carboxylic acids is 1. The normalized spacial score (nSPS) is 18.2. The number of H-pyrrole nitrogens is 1. The summed E-state index contributed by atoms with van der Waals surface area (Å²) in [6, 6.07) is 8.13. The third kappa shape index (κ3) is 5.86. The molecule has 0 unspecified atom stereocenters. The first-order chi connectivity index (χ1) is 15.1. The molecule has 1 aliphatic heterocycles. The Labute approximate surface area is 183 Å². The van der Waals surface area contributed by atoms with Gasteiger partial charge in [-0.15, -0.1) is 0 Å². The number of nitrogens with one attached hydrogen (secondary N) is 3. The Hall–Kier alpha value is -2.38. The fraction of sp³-hybridized carbons (Fsp3) is 0.583. The van der Waals surface area contributed by atoms with Crippen LogP contribution in [0.4, 0.5) is 4.79 Å². The van der Waals surface area contributed by atoms with Crippen LogP contribution in [0.3, 0.4) is 0 Å². The number of pyridine rings is 1. The molecular weight excluding hydrogens is 392 g/mol. The highest BCUT2D eigenvalue weighted by atomic mass is 16.5. The number of urea groups is 1. The molecule has 1 aliphatic carbocycles. The molecule has 31 heavy (non-hydrogen) atoms. The summed E-state index contributed by atoms with van der Waals surface area (Å²) >= 11 is 0. The quantitative estimate of drug-likeness (QED) is 0.655. The van der Waals surface area contributed by atoms with E-state index >= 15 is 0 Å². The Morgan fingerprint density at radius 1 is 1.19 bits per heavy atom. The van der Waals surface area contributed by atoms with E-state index in [1.807, 2.05) is 30.0 Å². The lowest BCUT2D eigenvalue weighted by atomic mass is 9.96. The van der Waals surface area contributed by atoms with Gasteiger partial charge in [-0.3, -0.25) is 4.79 Å². The second-order valence-corrected chi connectivity index (χ2v) is 9.03. The van der Waals surface area contributed by atoms with E-state index in [2.05, 4.69) is 16.4 Å². The standard InChI is InChI=1S/C24H34N4O3/c1-18-7-8-22-19(15-18)16-20(23(29)26-22)17-28(10-9-27-11-13-31-14-12-27)24(30)25-21-5-3-2-4-6-21/h7-8,15-16,21H,2-6,9-14,17H2,1H3,(H,25,30)(H,26,29)/p+1. The van der Waals surface area contributed by atoms with Gasteiger partial charge in [0, 0.05) is 17.1 Å². The minimum atomic E-state index is -0.120. The number of aryl methyl sites for hydroxylation is 1. The third-order valence-corrected chi connectivity index (χ3v) is 6.59. The van der Waals surface area contributed by atoms with Crippen molar-refractivity contribution in [1.82, 2.24) is 15.2 Å². The van der Waals surface area contributed by atoms with Crippen LogP contribution in [0.25, 0.3) is 10.9 Å². The first-order valence-electron chi connectivity index (χ1n) is 11.7. The van der Waals surface area contributed by atoms with Crippen molar-refractivity contribution in [2.45, 2.75) is 51.6 Å². The van der Waals surface area contributed by atoms with Gasteiger partial charge in [0.2, 0.25) is 0 Å². The molecule has 1 aromatic heterocycles. The molecule has 2 fully saturated rings. The first-order valence-corrected chi connectivity index (χ1v) is 11.7. The van der Waals surface area contributed by atoms with E-state index in [-0.39, 0.29) is 17.6 Å². The van der Waals surface area contributed by atoms with Gasteiger partial charge in [-0.1, -0.05) is 30.9 Å². The number of amides is 2. The maximum absolute atomic E-state index is 13.2. The van der Waals surface area contributed by atoms with E-state index in [4.69, 9.17) is 4.74 Å². The average molecular weight is 428 g/mol. The summed E-state index contributed by atoms with van der Waals surface area (Å²) < 4.78 is 5.46. The number of nitrogens with zero attached hydrogens (tertiary/aromatic N) is 1. The number of aromatic nitrogens is 1. The Kier molecular flexibility index (Phi) is 7.25. The number of benzene rings is 1. The molecule has 7 heteroatoms. The van der Waals surface area contributed by atoms with E-state index in [9.17, 15) is 9.59 Å². The minimum Gasteiger partial charge on any atom is -0.370 e. The maximum Gasteiger partial charge on any atom is 0.318 e. The van der Waals surface area contributed by atoms with E-state index in [0.717, 1.165) is 62.2 Å². The molecule has 4 rings (SSSR count). The zero-order chi connectivity index (χ0) is 21.6. The van der Waals surface area contributed by atoms with Crippen molar-refractivity contribution in [3.8, 4) is 0 Å². The van der Waals surface area contributed by atoms with Crippen LogP contribution in [-0.4, -0.2) is 61.3 Å². The molecule has 0 atom stereocenters. The van der Waals surface area contributed by atoms with Crippen molar-refractivity contribution in [2.24, 2.45) is 0 Å². The van der Waals surface area contributed by atoms with Gasteiger partial charge < -0.3 is 24.8 Å². The number of quaternary nitrogens is 1. The van der Waals surface area contributed by atoms with Gasteiger partial charge in [0.1, 0.15) is 13.1 Å². The number of fused-ring (bicyclic) bond motifs is 1. The Bertz CT molecular complexity index is 945. The number of carbonyl (C=O) groups is 1. The summed E-state index contributed by atoms with van der Waals surface area (Å²) in [5.41, 5.74) is 2.49. The van der Waals surface area contributed by atoms with Gasteiger partial charge >= 0.3 is 6.03 Å². The number of hydrogen-bond acceptors (Lipinski definition) is 3. The Morgan fingerprint density at radius 3 is 2.74 bits per heavy atom. The van der Waals surface area contributed by atoms with Crippen LogP contribution in [0, 0.1) is 6.92 Å². The highest BCUT2D eigenvalue weighted by Crippen LogP contribution is 2.18. The summed E-state index contributed by atoms with van der Waals surface area (Å²) in [5, 5.41) is 4.23. The summed E-state index contributed by atoms with van der Waals surface area (Å²) in [4.78, 5) is 32.2. The van der Waals surface area contributed by atoms with Crippen molar-refractivity contribution in [1.29, 1.82) is 0 Å². The van der Waals surface area contributed by atoms with Crippen LogP contribution in [0.2, 0.25) is 0 Å². The number of rotatable bonds is 6. The lowest BCUT2D eigenvalue weighted by Crippen LogP contribution is -3.14. The molecule has 1 saturated carbocycles. The SMILES string of the molecule is Cc1ccc2[nH]c(=O)c(CN(CC[NH+]3CCOCC3)C(=O)NC3CCCCC3)cc2c1. The van der Waals surface area contributed by atoms with Gasteiger partial charge in [0.15, 0.2) is 0 Å². The van der Waals surface area contributed by atoms with E-state index in [1.54, 1.807) is 0 Å². The van der Waals surface area contributed by atoms with Crippen LogP contribution in [-0.2, 0) is 11.3 Å². The molecule has 7 nitrogen and oxygen atoms in total. The molecule has 2 heterocycles. The molecule has 3 N–H and O–H groups in total. The Balaban J connectivity index is 1.50. The summed E-state index contributed by atoms with van der Waals surface area (Å²) in [6.45, 7) is 7.33. The molecule has 0 bridgehead atoms. The second kappa shape index (κ2) is 10.3. The average Bonchev–Trinajstić information content (AvgIpc) is 2.78. The molecule has 2 amide bonds. The van der Waals surface area contributed by atoms with Crippen molar-refractivity contribution >= 4 is 16.9 Å². The second-order valence-electron chi connectivity index (χ2n) is 9.03. The van der Waals surface area contributed by atoms with E-state index in [0.29, 0.717) is 18.7 Å². The van der Waals surface area contributed by atoms with Crippen LogP contribution in [0.15, 0.2) is 29.1 Å². The van der Waals surface area contributed by atoms with Crippen LogP contribution in [0.1, 0.15) is 43.2 Å².